The summed E-state index contributed by atoms with van der Waals surface area (Å²) in [4.78, 5) is 0. The summed E-state index contributed by atoms with van der Waals surface area (Å²) in [6.07, 6.45) is -25.0. The van der Waals surface area contributed by atoms with Crippen LogP contribution in [0.1, 0.15) is 79.0 Å². The predicted octanol–water partition coefficient (Wildman–Crippen LogP) is 8.49. The van der Waals surface area contributed by atoms with Crippen molar-refractivity contribution in [3.8, 4) is 0 Å². The summed E-state index contributed by atoms with van der Waals surface area (Å²) in [7, 11) is 0. The topological polar surface area (TPSA) is 58.9 Å². The van der Waals surface area contributed by atoms with Crippen LogP contribution in [0, 0.1) is 0 Å². The standard InChI is InChI=1S/C27H34F12O4/c1-14(2)15-11-16(18(3,4)42-20(7,8)22(40,24(28,29)30)25(31,32)33)13-17(12-15)19(5,6)43-21(9,10)23(41,26(34,35)36)27(37,38)39/h11-13,40-41H,1H2,2-10H3. The molecule has 0 saturated heterocycles. The lowest BCUT2D eigenvalue weighted by Gasteiger charge is -2.48. The van der Waals surface area contributed by atoms with E-state index in [-0.39, 0.29) is 22.3 Å². The normalized spacial score (nSPS) is 15.6. The minimum atomic E-state index is -6.26. The first-order valence-corrected chi connectivity index (χ1v) is 12.4. The Morgan fingerprint density at radius 2 is 0.767 bits per heavy atom. The maximum absolute atomic E-state index is 13.6. The summed E-state index contributed by atoms with van der Waals surface area (Å²) < 4.78 is 174. The lowest BCUT2D eigenvalue weighted by molar-refractivity contribution is -0.421. The molecule has 1 aromatic rings. The van der Waals surface area contributed by atoms with E-state index in [1.807, 2.05) is 0 Å². The number of alkyl halides is 12. The fourth-order valence-electron chi connectivity index (χ4n) is 4.80. The average molecular weight is 651 g/mol. The van der Waals surface area contributed by atoms with Crippen LogP contribution in [0.5, 0.6) is 0 Å². The molecular formula is C27H34F12O4. The Morgan fingerprint density at radius 1 is 0.535 bits per heavy atom. The van der Waals surface area contributed by atoms with Crippen molar-refractivity contribution in [3.05, 3.63) is 41.5 Å². The minimum absolute atomic E-state index is 0.111. The molecule has 0 heterocycles. The zero-order valence-corrected chi connectivity index (χ0v) is 24.7. The number of halogens is 12. The quantitative estimate of drug-likeness (QED) is 0.263. The fraction of sp³-hybridized carbons (Fsp3) is 0.704. The van der Waals surface area contributed by atoms with E-state index in [1.54, 1.807) is 0 Å². The van der Waals surface area contributed by atoms with Crippen LogP contribution >= 0.6 is 0 Å². The van der Waals surface area contributed by atoms with E-state index in [0.29, 0.717) is 27.7 Å². The zero-order chi connectivity index (χ0) is 34.8. The lowest BCUT2D eigenvalue weighted by atomic mass is 9.81. The smallest absolute Gasteiger partial charge is 0.371 e. The van der Waals surface area contributed by atoms with Gasteiger partial charge in [-0.3, -0.25) is 0 Å². The Bertz CT molecular complexity index is 1080. The van der Waals surface area contributed by atoms with Gasteiger partial charge in [-0.1, -0.05) is 18.2 Å². The number of benzene rings is 1. The summed E-state index contributed by atoms with van der Waals surface area (Å²) in [5, 5.41) is 19.9. The first kappa shape index (κ1) is 39.0. The van der Waals surface area contributed by atoms with Crippen LogP contribution < -0.4 is 0 Å². The van der Waals surface area contributed by atoms with Gasteiger partial charge in [0.1, 0.15) is 11.2 Å². The van der Waals surface area contributed by atoms with E-state index in [9.17, 15) is 62.9 Å². The van der Waals surface area contributed by atoms with Crippen LogP contribution in [0.4, 0.5) is 52.7 Å². The second kappa shape index (κ2) is 10.8. The van der Waals surface area contributed by atoms with Crippen molar-refractivity contribution >= 4 is 5.57 Å². The number of allylic oxidation sites excluding steroid dienone is 1. The van der Waals surface area contributed by atoms with Crippen LogP contribution in [-0.2, 0) is 20.7 Å². The molecule has 0 aliphatic carbocycles. The Kier molecular flexibility index (Phi) is 9.79. The molecule has 2 N–H and O–H groups in total. The minimum Gasteiger partial charge on any atom is -0.371 e. The van der Waals surface area contributed by atoms with Gasteiger partial charge >= 0.3 is 24.7 Å². The Balaban J connectivity index is 3.86. The molecule has 1 aromatic carbocycles. The molecule has 0 atom stereocenters. The number of hydrogen-bond acceptors (Lipinski definition) is 4. The molecule has 0 bridgehead atoms. The molecule has 0 aliphatic heterocycles. The molecule has 0 aliphatic rings. The molecule has 16 heteroatoms. The zero-order valence-electron chi connectivity index (χ0n) is 24.7. The second-order valence-electron chi connectivity index (χ2n) is 12.2. The first-order valence-electron chi connectivity index (χ1n) is 12.4. The van der Waals surface area contributed by atoms with Crippen LogP contribution in [0.25, 0.3) is 5.57 Å². The van der Waals surface area contributed by atoms with Crippen LogP contribution in [0.2, 0.25) is 0 Å². The largest absolute Gasteiger partial charge is 0.429 e. The van der Waals surface area contributed by atoms with Gasteiger partial charge < -0.3 is 19.7 Å². The molecule has 1 rings (SSSR count). The summed E-state index contributed by atoms with van der Waals surface area (Å²) >= 11 is 0. The second-order valence-corrected chi connectivity index (χ2v) is 12.2. The summed E-state index contributed by atoms with van der Waals surface area (Å²) in [6.45, 7) is 10.6. The third-order valence-corrected chi connectivity index (χ3v) is 7.22. The van der Waals surface area contributed by atoms with Crippen LogP contribution in [0.15, 0.2) is 24.8 Å². The summed E-state index contributed by atoms with van der Waals surface area (Å²) in [5.74, 6) is 0. The highest BCUT2D eigenvalue weighted by Gasteiger charge is 2.79. The van der Waals surface area contributed by atoms with Gasteiger partial charge in [0.25, 0.3) is 11.2 Å². The summed E-state index contributed by atoms with van der Waals surface area (Å²) in [6, 6.07) is 3.45. The molecule has 43 heavy (non-hydrogen) atoms. The third-order valence-electron chi connectivity index (χ3n) is 7.22. The van der Waals surface area contributed by atoms with E-state index < -0.39 is 58.3 Å². The Hall–Kier alpha value is -2.04. The van der Waals surface area contributed by atoms with Crippen LogP contribution in [0.3, 0.4) is 0 Å². The van der Waals surface area contributed by atoms with Gasteiger partial charge in [-0.15, -0.1) is 0 Å². The van der Waals surface area contributed by atoms with Crippen LogP contribution in [-0.4, -0.2) is 57.3 Å². The van der Waals surface area contributed by atoms with E-state index in [1.165, 1.54) is 19.1 Å². The highest BCUT2D eigenvalue weighted by Crippen LogP contribution is 2.54. The SMILES string of the molecule is C=C(C)c1cc(C(C)(C)OC(C)(C)C(O)(C(F)(F)F)C(F)(F)F)cc(C(C)(C)OC(C)(C)C(O)(C(F)(F)F)C(F)(F)F)c1. The molecule has 0 unspecified atom stereocenters. The van der Waals surface area contributed by atoms with E-state index in [0.717, 1.165) is 33.8 Å². The first-order chi connectivity index (χ1) is 18.4. The molecule has 0 radical (unpaired) electrons. The van der Waals surface area contributed by atoms with Crippen molar-refractivity contribution in [3.63, 3.8) is 0 Å². The monoisotopic (exact) mass is 650 g/mol. The molecular weight excluding hydrogens is 616 g/mol. The van der Waals surface area contributed by atoms with E-state index in [2.05, 4.69) is 6.58 Å². The maximum atomic E-state index is 13.6. The predicted molar refractivity (Wildman–Crippen MR) is 132 cm³/mol. The molecule has 0 amide bonds. The Morgan fingerprint density at radius 3 is 0.953 bits per heavy atom. The number of ether oxygens (including phenoxy) is 2. The van der Waals surface area contributed by atoms with Gasteiger partial charge in [0, 0.05) is 0 Å². The lowest BCUT2D eigenvalue weighted by Crippen LogP contribution is -2.70. The van der Waals surface area contributed by atoms with Gasteiger partial charge in [0.05, 0.1) is 11.2 Å². The number of hydrogen-bond donors (Lipinski definition) is 2. The highest BCUT2D eigenvalue weighted by atomic mass is 19.4. The highest BCUT2D eigenvalue weighted by molar-refractivity contribution is 5.63. The average Bonchev–Trinajstić information content (AvgIpc) is 2.72. The van der Waals surface area contributed by atoms with Crippen molar-refractivity contribution in [1.29, 1.82) is 0 Å². The van der Waals surface area contributed by atoms with Crippen molar-refractivity contribution in [2.24, 2.45) is 0 Å². The molecule has 0 fully saturated rings. The van der Waals surface area contributed by atoms with Crippen molar-refractivity contribution in [2.45, 2.75) is 121 Å². The molecule has 0 spiro atoms. The molecule has 250 valence electrons. The van der Waals surface area contributed by atoms with Gasteiger partial charge in [-0.25, -0.2) is 0 Å². The maximum Gasteiger partial charge on any atom is 0.429 e. The van der Waals surface area contributed by atoms with E-state index in [4.69, 9.17) is 9.47 Å². The van der Waals surface area contributed by atoms with Crippen molar-refractivity contribution < 1.29 is 72.4 Å². The van der Waals surface area contributed by atoms with E-state index >= 15 is 0 Å². The van der Waals surface area contributed by atoms with Gasteiger partial charge in [-0.2, -0.15) is 52.7 Å². The molecule has 4 nitrogen and oxygen atoms in total. The molecule has 0 saturated carbocycles. The Labute approximate surface area is 240 Å². The summed E-state index contributed by atoms with van der Waals surface area (Å²) in [5.41, 5.74) is -21.9. The van der Waals surface area contributed by atoms with Gasteiger partial charge in [0.15, 0.2) is 0 Å². The fourth-order valence-corrected chi connectivity index (χ4v) is 4.80. The number of aliphatic hydroxyl groups is 2. The number of rotatable bonds is 9. The third kappa shape index (κ3) is 6.81. The van der Waals surface area contributed by atoms with Gasteiger partial charge in [0.2, 0.25) is 0 Å². The molecule has 0 aromatic heterocycles. The van der Waals surface area contributed by atoms with Crippen molar-refractivity contribution in [1.82, 2.24) is 0 Å². The van der Waals surface area contributed by atoms with Crippen molar-refractivity contribution in [2.75, 3.05) is 0 Å². The van der Waals surface area contributed by atoms with Gasteiger partial charge in [-0.05, 0) is 91.1 Å².